The third-order valence-electron chi connectivity index (χ3n) is 3.30. The monoisotopic (exact) mass is 294 g/mol. The molecule has 2 rings (SSSR count). The van der Waals surface area contributed by atoms with Crippen LogP contribution < -0.4 is 16.0 Å². The third-order valence-corrected chi connectivity index (χ3v) is 3.71. The normalized spacial score (nSPS) is 12.2. The molecule has 0 saturated carbocycles. The summed E-state index contributed by atoms with van der Waals surface area (Å²) in [4.78, 5) is 0. The zero-order valence-electron chi connectivity index (χ0n) is 11.3. The first-order chi connectivity index (χ1) is 9.58. The molecule has 3 nitrogen and oxygen atoms in total. The van der Waals surface area contributed by atoms with E-state index in [9.17, 15) is 4.39 Å². The second kappa shape index (κ2) is 6.22. The predicted octanol–water partition coefficient (Wildman–Crippen LogP) is 3.35. The van der Waals surface area contributed by atoms with Crippen molar-refractivity contribution >= 4 is 11.6 Å². The number of ether oxygens (including phenoxy) is 1. The molecule has 0 radical (unpaired) electrons. The molecule has 106 valence electrons. The SMILES string of the molecule is COc1ccc(C(NN)c2cccc(Cl)c2C)cc1F. The zero-order chi connectivity index (χ0) is 14.7. The second-order valence-electron chi connectivity index (χ2n) is 4.45. The number of rotatable bonds is 4. The Morgan fingerprint density at radius 3 is 2.65 bits per heavy atom. The first-order valence-electron chi connectivity index (χ1n) is 6.13. The van der Waals surface area contributed by atoms with Crippen molar-refractivity contribution in [1.82, 2.24) is 5.43 Å². The Kier molecular flexibility index (Phi) is 4.60. The van der Waals surface area contributed by atoms with Gasteiger partial charge in [0.05, 0.1) is 13.2 Å². The molecular weight excluding hydrogens is 279 g/mol. The van der Waals surface area contributed by atoms with Crippen molar-refractivity contribution in [2.24, 2.45) is 5.84 Å². The van der Waals surface area contributed by atoms with Gasteiger partial charge in [0.2, 0.25) is 0 Å². The molecule has 0 saturated heterocycles. The molecule has 0 aliphatic heterocycles. The lowest BCUT2D eigenvalue weighted by atomic mass is 9.95. The highest BCUT2D eigenvalue weighted by atomic mass is 35.5. The standard InChI is InChI=1S/C15H16ClFN2O/c1-9-11(4-3-5-12(9)16)15(19-18)10-6-7-14(20-2)13(17)8-10/h3-8,15,19H,18H2,1-2H3. The van der Waals surface area contributed by atoms with E-state index in [2.05, 4.69) is 5.43 Å². The molecule has 5 heteroatoms. The summed E-state index contributed by atoms with van der Waals surface area (Å²) in [6.45, 7) is 1.90. The molecule has 0 aliphatic rings. The molecule has 0 aromatic heterocycles. The van der Waals surface area contributed by atoms with E-state index in [-0.39, 0.29) is 11.8 Å². The minimum absolute atomic E-state index is 0.201. The Bertz CT molecular complexity index is 619. The molecule has 0 aliphatic carbocycles. The lowest BCUT2D eigenvalue weighted by molar-refractivity contribution is 0.385. The highest BCUT2D eigenvalue weighted by Crippen LogP contribution is 2.30. The van der Waals surface area contributed by atoms with Crippen LogP contribution in [0, 0.1) is 12.7 Å². The quantitative estimate of drug-likeness (QED) is 0.671. The van der Waals surface area contributed by atoms with E-state index < -0.39 is 5.82 Å². The number of hydrogen-bond donors (Lipinski definition) is 2. The summed E-state index contributed by atoms with van der Waals surface area (Å²) in [6, 6.07) is 9.98. The van der Waals surface area contributed by atoms with Crippen LogP contribution in [-0.4, -0.2) is 7.11 Å². The van der Waals surface area contributed by atoms with Crippen LogP contribution in [0.15, 0.2) is 36.4 Å². The molecule has 20 heavy (non-hydrogen) atoms. The van der Waals surface area contributed by atoms with Gasteiger partial charge in [0.25, 0.3) is 0 Å². The molecular formula is C15H16ClFN2O. The third kappa shape index (κ3) is 2.77. The van der Waals surface area contributed by atoms with Crippen molar-refractivity contribution in [2.45, 2.75) is 13.0 Å². The van der Waals surface area contributed by atoms with Gasteiger partial charge < -0.3 is 4.74 Å². The van der Waals surface area contributed by atoms with Crippen molar-refractivity contribution in [3.63, 3.8) is 0 Å². The van der Waals surface area contributed by atoms with Crippen LogP contribution in [0.25, 0.3) is 0 Å². The molecule has 0 fully saturated rings. The van der Waals surface area contributed by atoms with Crippen molar-refractivity contribution in [1.29, 1.82) is 0 Å². The Balaban J connectivity index is 2.47. The van der Waals surface area contributed by atoms with E-state index >= 15 is 0 Å². The molecule has 0 amide bonds. The zero-order valence-corrected chi connectivity index (χ0v) is 12.0. The summed E-state index contributed by atoms with van der Waals surface area (Å²) >= 11 is 6.12. The van der Waals surface area contributed by atoms with E-state index in [0.717, 1.165) is 11.1 Å². The molecule has 3 N–H and O–H groups in total. The maximum atomic E-state index is 13.8. The average molecular weight is 295 g/mol. The summed E-state index contributed by atoms with van der Waals surface area (Å²) in [6.07, 6.45) is 0. The van der Waals surface area contributed by atoms with E-state index in [4.69, 9.17) is 22.2 Å². The number of halogens is 2. The Labute approximate surface area is 122 Å². The molecule has 2 aromatic rings. The number of methoxy groups -OCH3 is 1. The van der Waals surface area contributed by atoms with Crippen molar-refractivity contribution in [3.8, 4) is 5.75 Å². The van der Waals surface area contributed by atoms with E-state index in [0.29, 0.717) is 10.6 Å². The fourth-order valence-corrected chi connectivity index (χ4v) is 2.35. The van der Waals surface area contributed by atoms with Gasteiger partial charge in [-0.25, -0.2) is 9.82 Å². The molecule has 1 unspecified atom stereocenters. The number of hydrazine groups is 1. The number of nitrogens with one attached hydrogen (secondary N) is 1. The molecule has 0 heterocycles. The lowest BCUT2D eigenvalue weighted by Crippen LogP contribution is -2.29. The van der Waals surface area contributed by atoms with Gasteiger partial charge in [-0.1, -0.05) is 29.8 Å². The van der Waals surface area contributed by atoms with Gasteiger partial charge in [0, 0.05) is 5.02 Å². The summed E-state index contributed by atoms with van der Waals surface area (Å²) in [7, 11) is 1.43. The van der Waals surface area contributed by atoms with Crippen LogP contribution in [0.2, 0.25) is 5.02 Å². The number of nitrogens with two attached hydrogens (primary N) is 1. The summed E-state index contributed by atoms with van der Waals surface area (Å²) in [5.41, 5.74) is 5.22. The Morgan fingerprint density at radius 1 is 1.30 bits per heavy atom. The Hall–Kier alpha value is -1.62. The van der Waals surface area contributed by atoms with Crippen LogP contribution >= 0.6 is 11.6 Å². The highest BCUT2D eigenvalue weighted by molar-refractivity contribution is 6.31. The second-order valence-corrected chi connectivity index (χ2v) is 4.85. The lowest BCUT2D eigenvalue weighted by Gasteiger charge is -2.20. The van der Waals surface area contributed by atoms with Gasteiger partial charge in [-0.3, -0.25) is 5.84 Å². The van der Waals surface area contributed by atoms with Crippen LogP contribution in [0.5, 0.6) is 5.75 Å². The molecule has 0 spiro atoms. The maximum absolute atomic E-state index is 13.8. The summed E-state index contributed by atoms with van der Waals surface area (Å²) in [5, 5.41) is 0.650. The van der Waals surface area contributed by atoms with Gasteiger partial charge in [0.1, 0.15) is 0 Å². The fraction of sp³-hybridized carbons (Fsp3) is 0.200. The topological polar surface area (TPSA) is 47.3 Å². The minimum atomic E-state index is -0.426. The van der Waals surface area contributed by atoms with Crippen molar-refractivity contribution in [3.05, 3.63) is 63.9 Å². The van der Waals surface area contributed by atoms with E-state index in [1.807, 2.05) is 25.1 Å². The molecule has 0 bridgehead atoms. The molecule has 2 aromatic carbocycles. The van der Waals surface area contributed by atoms with Gasteiger partial charge in [0.15, 0.2) is 11.6 Å². The summed E-state index contributed by atoms with van der Waals surface area (Å²) in [5.74, 6) is 5.40. The van der Waals surface area contributed by atoms with Crippen LogP contribution in [0.3, 0.4) is 0 Å². The number of benzene rings is 2. The van der Waals surface area contributed by atoms with Crippen molar-refractivity contribution < 1.29 is 9.13 Å². The van der Waals surface area contributed by atoms with Crippen LogP contribution in [0.4, 0.5) is 4.39 Å². The Morgan fingerprint density at radius 2 is 2.05 bits per heavy atom. The van der Waals surface area contributed by atoms with Crippen molar-refractivity contribution in [2.75, 3.05) is 7.11 Å². The minimum Gasteiger partial charge on any atom is -0.494 e. The first kappa shape index (κ1) is 14.8. The van der Waals surface area contributed by atoms with E-state index in [1.54, 1.807) is 12.1 Å². The van der Waals surface area contributed by atoms with Crippen LogP contribution in [-0.2, 0) is 0 Å². The largest absolute Gasteiger partial charge is 0.494 e. The van der Waals surface area contributed by atoms with Gasteiger partial charge in [-0.2, -0.15) is 0 Å². The van der Waals surface area contributed by atoms with Crippen LogP contribution in [0.1, 0.15) is 22.7 Å². The van der Waals surface area contributed by atoms with E-state index in [1.165, 1.54) is 13.2 Å². The summed E-state index contributed by atoms with van der Waals surface area (Å²) < 4.78 is 18.7. The van der Waals surface area contributed by atoms with Gasteiger partial charge in [-0.05, 0) is 41.8 Å². The smallest absolute Gasteiger partial charge is 0.165 e. The number of hydrogen-bond acceptors (Lipinski definition) is 3. The first-order valence-corrected chi connectivity index (χ1v) is 6.51. The van der Waals surface area contributed by atoms with Gasteiger partial charge in [-0.15, -0.1) is 0 Å². The average Bonchev–Trinajstić information content (AvgIpc) is 2.44. The highest BCUT2D eigenvalue weighted by Gasteiger charge is 2.17. The maximum Gasteiger partial charge on any atom is 0.165 e. The molecule has 1 atom stereocenters. The van der Waals surface area contributed by atoms with Gasteiger partial charge >= 0.3 is 0 Å². The predicted molar refractivity (Wildman–Crippen MR) is 78.3 cm³/mol. The fourth-order valence-electron chi connectivity index (χ4n) is 2.16.